The Morgan fingerprint density at radius 2 is 1.82 bits per heavy atom. The Labute approximate surface area is 134 Å². The Kier molecular flexibility index (Phi) is 7.59. The molecule has 1 amide bonds. The van der Waals surface area contributed by atoms with Crippen molar-refractivity contribution in [3.8, 4) is 0 Å². The maximum absolute atomic E-state index is 12.0. The van der Waals surface area contributed by atoms with Gasteiger partial charge in [-0.3, -0.25) is 4.79 Å². The molecule has 0 radical (unpaired) electrons. The van der Waals surface area contributed by atoms with Crippen molar-refractivity contribution < 1.29 is 13.2 Å². The zero-order valence-corrected chi connectivity index (χ0v) is 14.6. The molecule has 1 rings (SSSR count). The molecule has 0 aliphatic rings. The number of sulfone groups is 1. The molecule has 0 unspecified atom stereocenters. The van der Waals surface area contributed by atoms with Gasteiger partial charge in [0.05, 0.1) is 4.90 Å². The average Bonchev–Trinajstić information content (AvgIpc) is 2.45. The van der Waals surface area contributed by atoms with Crippen LogP contribution in [0.3, 0.4) is 0 Å². The first-order chi connectivity index (χ1) is 10.3. The second-order valence-electron chi connectivity index (χ2n) is 6.15. The number of amides is 1. The fraction of sp³-hybridized carbons (Fsp3) is 0.588. The average molecular weight is 325 g/mol. The summed E-state index contributed by atoms with van der Waals surface area (Å²) < 4.78 is 23.0. The van der Waals surface area contributed by atoms with Crippen molar-refractivity contribution >= 4 is 15.7 Å². The van der Waals surface area contributed by atoms with Gasteiger partial charge >= 0.3 is 0 Å². The van der Waals surface area contributed by atoms with Gasteiger partial charge in [-0.15, -0.1) is 0 Å². The van der Waals surface area contributed by atoms with Gasteiger partial charge in [-0.25, -0.2) is 8.42 Å². The molecule has 0 saturated heterocycles. The van der Waals surface area contributed by atoms with E-state index in [2.05, 4.69) is 19.2 Å². The van der Waals surface area contributed by atoms with E-state index >= 15 is 0 Å². The van der Waals surface area contributed by atoms with Crippen molar-refractivity contribution in [2.75, 3.05) is 12.8 Å². The van der Waals surface area contributed by atoms with E-state index in [-0.39, 0.29) is 10.8 Å². The fourth-order valence-corrected chi connectivity index (χ4v) is 2.87. The molecule has 5 heteroatoms. The number of hydrogen-bond acceptors (Lipinski definition) is 3. The van der Waals surface area contributed by atoms with E-state index in [9.17, 15) is 13.2 Å². The van der Waals surface area contributed by atoms with Crippen LogP contribution in [0.25, 0.3) is 0 Å². The molecule has 0 fully saturated rings. The first-order valence-corrected chi connectivity index (χ1v) is 9.78. The zero-order valence-electron chi connectivity index (χ0n) is 13.8. The molecule has 22 heavy (non-hydrogen) atoms. The normalized spacial score (nSPS) is 11.6. The number of unbranched alkanes of at least 4 members (excludes halogenated alkanes) is 3. The minimum Gasteiger partial charge on any atom is -0.352 e. The molecule has 1 aromatic carbocycles. The summed E-state index contributed by atoms with van der Waals surface area (Å²) in [7, 11) is -3.28. The molecular weight excluding hydrogens is 298 g/mol. The summed E-state index contributed by atoms with van der Waals surface area (Å²) in [6.45, 7) is 5.08. The van der Waals surface area contributed by atoms with Crippen LogP contribution in [0.5, 0.6) is 0 Å². The van der Waals surface area contributed by atoms with Crippen LogP contribution >= 0.6 is 0 Å². The van der Waals surface area contributed by atoms with Gasteiger partial charge in [0.2, 0.25) is 0 Å². The van der Waals surface area contributed by atoms with Crippen LogP contribution in [0, 0.1) is 5.92 Å². The quantitative estimate of drug-likeness (QED) is 0.708. The van der Waals surface area contributed by atoms with E-state index in [1.165, 1.54) is 31.4 Å². The molecule has 0 aromatic heterocycles. The topological polar surface area (TPSA) is 63.2 Å². The summed E-state index contributed by atoms with van der Waals surface area (Å²) in [5, 5.41) is 2.84. The molecule has 0 heterocycles. The van der Waals surface area contributed by atoms with Gasteiger partial charge in [0, 0.05) is 18.4 Å². The lowest BCUT2D eigenvalue weighted by molar-refractivity contribution is 0.0952. The summed E-state index contributed by atoms with van der Waals surface area (Å²) in [5.74, 6) is 0.537. The highest BCUT2D eigenvalue weighted by Crippen LogP contribution is 2.12. The molecule has 1 N–H and O–H groups in total. The molecule has 0 saturated carbocycles. The number of carbonyl (C=O) groups is 1. The summed E-state index contributed by atoms with van der Waals surface area (Å²) in [6, 6.07) is 6.15. The molecule has 0 bridgehead atoms. The molecule has 0 aliphatic heterocycles. The predicted molar refractivity (Wildman–Crippen MR) is 89.8 cm³/mol. The highest BCUT2D eigenvalue weighted by Gasteiger charge is 2.11. The van der Waals surface area contributed by atoms with Gasteiger partial charge in [0.1, 0.15) is 0 Å². The molecule has 1 aromatic rings. The molecular formula is C17H27NO3S. The maximum Gasteiger partial charge on any atom is 0.251 e. The first kappa shape index (κ1) is 18.7. The van der Waals surface area contributed by atoms with Crippen molar-refractivity contribution in [1.82, 2.24) is 5.32 Å². The van der Waals surface area contributed by atoms with Crippen LogP contribution in [-0.4, -0.2) is 27.1 Å². The monoisotopic (exact) mass is 325 g/mol. The lowest BCUT2D eigenvalue weighted by Gasteiger charge is -2.07. The summed E-state index contributed by atoms with van der Waals surface area (Å²) in [4.78, 5) is 12.2. The van der Waals surface area contributed by atoms with Crippen LogP contribution < -0.4 is 5.32 Å². The first-order valence-electron chi connectivity index (χ1n) is 7.89. The molecule has 0 spiro atoms. The van der Waals surface area contributed by atoms with Crippen molar-refractivity contribution in [3.63, 3.8) is 0 Å². The standard InChI is InChI=1S/C17H27NO3S/c1-14(2)9-6-4-5-7-12-18-17(19)15-10-8-11-16(13-15)22(3,20)21/h8,10-11,13-14H,4-7,9,12H2,1-3H3,(H,18,19). The van der Waals surface area contributed by atoms with Gasteiger partial charge < -0.3 is 5.32 Å². The van der Waals surface area contributed by atoms with Crippen LogP contribution in [0.4, 0.5) is 0 Å². The van der Waals surface area contributed by atoms with Gasteiger partial charge in [-0.05, 0) is 30.5 Å². The Balaban J connectivity index is 2.34. The van der Waals surface area contributed by atoms with E-state index < -0.39 is 9.84 Å². The maximum atomic E-state index is 12.0. The third-order valence-corrected chi connectivity index (χ3v) is 4.63. The van der Waals surface area contributed by atoms with Crippen molar-refractivity contribution in [1.29, 1.82) is 0 Å². The van der Waals surface area contributed by atoms with Crippen molar-refractivity contribution in [2.45, 2.75) is 50.8 Å². The van der Waals surface area contributed by atoms with Crippen LogP contribution in [-0.2, 0) is 9.84 Å². The Bertz CT molecular complexity index is 579. The Morgan fingerprint density at radius 1 is 1.14 bits per heavy atom. The number of nitrogens with one attached hydrogen (secondary N) is 1. The SMILES string of the molecule is CC(C)CCCCCCNC(=O)c1cccc(S(C)(=O)=O)c1. The largest absolute Gasteiger partial charge is 0.352 e. The fourth-order valence-electron chi connectivity index (χ4n) is 2.20. The second-order valence-corrected chi connectivity index (χ2v) is 8.17. The third kappa shape index (κ3) is 7.07. The number of rotatable bonds is 9. The lowest BCUT2D eigenvalue weighted by atomic mass is 10.0. The van der Waals surface area contributed by atoms with Crippen LogP contribution in [0.2, 0.25) is 0 Å². The highest BCUT2D eigenvalue weighted by atomic mass is 32.2. The smallest absolute Gasteiger partial charge is 0.251 e. The highest BCUT2D eigenvalue weighted by molar-refractivity contribution is 7.90. The number of benzene rings is 1. The second kappa shape index (κ2) is 8.93. The van der Waals surface area contributed by atoms with Gasteiger partial charge in [-0.2, -0.15) is 0 Å². The van der Waals surface area contributed by atoms with Crippen molar-refractivity contribution in [2.24, 2.45) is 5.92 Å². The Morgan fingerprint density at radius 3 is 2.45 bits per heavy atom. The Hall–Kier alpha value is -1.36. The molecule has 4 nitrogen and oxygen atoms in total. The molecule has 0 atom stereocenters. The van der Waals surface area contributed by atoms with Crippen LogP contribution in [0.15, 0.2) is 29.2 Å². The van der Waals surface area contributed by atoms with Gasteiger partial charge in [-0.1, -0.05) is 45.6 Å². The minimum atomic E-state index is -3.28. The minimum absolute atomic E-state index is 0.175. The number of hydrogen-bond donors (Lipinski definition) is 1. The van der Waals surface area contributed by atoms with Crippen molar-refractivity contribution in [3.05, 3.63) is 29.8 Å². The van der Waals surface area contributed by atoms with Gasteiger partial charge in [0.25, 0.3) is 5.91 Å². The van der Waals surface area contributed by atoms with E-state index in [0.29, 0.717) is 12.1 Å². The van der Waals surface area contributed by atoms with Crippen LogP contribution in [0.1, 0.15) is 56.3 Å². The zero-order chi connectivity index (χ0) is 16.6. The van der Waals surface area contributed by atoms with E-state index in [1.54, 1.807) is 12.1 Å². The number of carbonyl (C=O) groups excluding carboxylic acids is 1. The molecule has 124 valence electrons. The van der Waals surface area contributed by atoms with E-state index in [1.807, 2.05) is 0 Å². The van der Waals surface area contributed by atoms with E-state index in [0.717, 1.165) is 25.0 Å². The van der Waals surface area contributed by atoms with E-state index in [4.69, 9.17) is 0 Å². The van der Waals surface area contributed by atoms with Gasteiger partial charge in [0.15, 0.2) is 9.84 Å². The summed E-state index contributed by atoms with van der Waals surface area (Å²) in [6.07, 6.45) is 6.89. The summed E-state index contributed by atoms with van der Waals surface area (Å²) >= 11 is 0. The summed E-state index contributed by atoms with van der Waals surface area (Å²) in [5.41, 5.74) is 0.391. The molecule has 0 aliphatic carbocycles. The predicted octanol–water partition coefficient (Wildman–Crippen LogP) is 3.43. The third-order valence-electron chi connectivity index (χ3n) is 3.52. The lowest BCUT2D eigenvalue weighted by Crippen LogP contribution is -2.24.